The number of ether oxygens (including phenoxy) is 4. The number of hydrogen-bond donors (Lipinski definition) is 0. The lowest BCUT2D eigenvalue weighted by Gasteiger charge is -2.15. The summed E-state index contributed by atoms with van der Waals surface area (Å²) in [7, 11) is 3.14. The average molecular weight is 395 g/mol. The van der Waals surface area contributed by atoms with E-state index in [9.17, 15) is 4.79 Å². The summed E-state index contributed by atoms with van der Waals surface area (Å²) in [4.78, 5) is 15.1. The molecule has 2 aromatic carbocycles. The third-order valence-corrected chi connectivity index (χ3v) is 5.24. The quantitative estimate of drug-likeness (QED) is 0.665. The van der Waals surface area contributed by atoms with Gasteiger partial charge in [0.05, 0.1) is 19.8 Å². The fraction of sp³-hybridized carbons (Fsp3) is 0.348. The number of carbonyl (C=O) groups excluding carboxylic acids is 1. The van der Waals surface area contributed by atoms with E-state index in [0.29, 0.717) is 40.7 Å². The molecule has 0 amide bonds. The minimum absolute atomic E-state index is 0.159. The van der Waals surface area contributed by atoms with Crippen molar-refractivity contribution in [3.05, 3.63) is 53.3 Å². The van der Waals surface area contributed by atoms with Crippen LogP contribution >= 0.6 is 0 Å². The molecule has 0 saturated carbocycles. The number of Topliss-reactive ketones (excluding diaryl/α,β-unsaturated/α-hetero) is 1. The van der Waals surface area contributed by atoms with Gasteiger partial charge in [-0.05, 0) is 50.2 Å². The predicted octanol–water partition coefficient (Wildman–Crippen LogP) is 3.79. The zero-order valence-corrected chi connectivity index (χ0v) is 16.8. The van der Waals surface area contributed by atoms with E-state index in [1.54, 1.807) is 38.5 Å². The molecule has 0 N–H and O–H groups in total. The van der Waals surface area contributed by atoms with Crippen molar-refractivity contribution < 1.29 is 23.7 Å². The number of nitrogens with zero attached hydrogens (tertiary/aromatic N) is 1. The Hall–Kier alpha value is -2.99. The molecule has 2 aromatic rings. The minimum Gasteiger partial charge on any atom is -0.493 e. The van der Waals surface area contributed by atoms with Gasteiger partial charge in [-0.3, -0.25) is 9.69 Å². The van der Waals surface area contributed by atoms with E-state index in [0.717, 1.165) is 19.6 Å². The van der Waals surface area contributed by atoms with Gasteiger partial charge >= 0.3 is 0 Å². The maximum atomic E-state index is 12.7. The Morgan fingerprint density at radius 1 is 1.10 bits per heavy atom. The van der Waals surface area contributed by atoms with Crippen molar-refractivity contribution in [2.24, 2.45) is 0 Å². The van der Waals surface area contributed by atoms with Gasteiger partial charge < -0.3 is 18.9 Å². The Balaban J connectivity index is 1.49. The summed E-state index contributed by atoms with van der Waals surface area (Å²) in [5.41, 5.74) is 1.25. The topological polar surface area (TPSA) is 57.2 Å². The Morgan fingerprint density at radius 2 is 1.93 bits per heavy atom. The summed E-state index contributed by atoms with van der Waals surface area (Å²) in [6, 6.07) is 10.8. The number of likely N-dealkylation sites (tertiary alicyclic amines) is 1. The average Bonchev–Trinajstić information content (AvgIpc) is 3.36. The second kappa shape index (κ2) is 8.57. The van der Waals surface area contributed by atoms with Gasteiger partial charge in [0.2, 0.25) is 5.78 Å². The molecule has 0 radical (unpaired) electrons. The largest absolute Gasteiger partial charge is 0.493 e. The SMILES string of the molecule is COc1cccc(/C=C2\Oc3cc(OCCN4CCCC4)ccc3C2=O)c1OC. The lowest BCUT2D eigenvalue weighted by Crippen LogP contribution is -2.25. The highest BCUT2D eigenvalue weighted by Crippen LogP contribution is 2.37. The molecule has 2 heterocycles. The zero-order chi connectivity index (χ0) is 20.2. The second-order valence-corrected chi connectivity index (χ2v) is 7.08. The normalized spacial score (nSPS) is 17.3. The van der Waals surface area contributed by atoms with Crippen LogP contribution in [0.1, 0.15) is 28.8 Å². The molecule has 0 atom stereocenters. The first kappa shape index (κ1) is 19.3. The molecule has 0 aliphatic carbocycles. The Kier molecular flexibility index (Phi) is 5.71. The van der Waals surface area contributed by atoms with Crippen LogP contribution in [-0.4, -0.2) is 51.1 Å². The predicted molar refractivity (Wildman–Crippen MR) is 110 cm³/mol. The molecule has 0 bridgehead atoms. The Labute approximate surface area is 170 Å². The summed E-state index contributed by atoms with van der Waals surface area (Å²) in [6.45, 7) is 3.83. The third-order valence-electron chi connectivity index (χ3n) is 5.24. The molecule has 1 fully saturated rings. The highest BCUT2D eigenvalue weighted by atomic mass is 16.5. The van der Waals surface area contributed by atoms with Crippen LogP contribution in [0.15, 0.2) is 42.2 Å². The second-order valence-electron chi connectivity index (χ2n) is 7.08. The van der Waals surface area contributed by atoms with Gasteiger partial charge in [0.15, 0.2) is 17.3 Å². The van der Waals surface area contributed by atoms with Gasteiger partial charge in [0, 0.05) is 18.2 Å². The maximum absolute atomic E-state index is 12.7. The highest BCUT2D eigenvalue weighted by Gasteiger charge is 2.28. The molecule has 2 aliphatic rings. The molecule has 0 unspecified atom stereocenters. The lowest BCUT2D eigenvalue weighted by molar-refractivity contribution is 0.101. The van der Waals surface area contributed by atoms with E-state index >= 15 is 0 Å². The molecule has 6 heteroatoms. The van der Waals surface area contributed by atoms with E-state index in [2.05, 4.69) is 4.90 Å². The lowest BCUT2D eigenvalue weighted by atomic mass is 10.1. The molecule has 2 aliphatic heterocycles. The molecular formula is C23H25NO5. The number of methoxy groups -OCH3 is 2. The van der Waals surface area contributed by atoms with Crippen LogP contribution in [0.5, 0.6) is 23.0 Å². The van der Waals surface area contributed by atoms with E-state index < -0.39 is 0 Å². The van der Waals surface area contributed by atoms with Crippen molar-refractivity contribution in [1.29, 1.82) is 0 Å². The monoisotopic (exact) mass is 395 g/mol. The number of allylic oxidation sites excluding steroid dienone is 1. The van der Waals surface area contributed by atoms with Crippen molar-refractivity contribution in [2.45, 2.75) is 12.8 Å². The fourth-order valence-corrected chi connectivity index (χ4v) is 3.72. The summed E-state index contributed by atoms with van der Waals surface area (Å²) >= 11 is 0. The molecule has 0 spiro atoms. The number of fused-ring (bicyclic) bond motifs is 1. The Bertz CT molecular complexity index is 931. The van der Waals surface area contributed by atoms with E-state index in [-0.39, 0.29) is 11.5 Å². The van der Waals surface area contributed by atoms with Gasteiger partial charge in [-0.25, -0.2) is 0 Å². The van der Waals surface area contributed by atoms with Gasteiger partial charge in [-0.1, -0.05) is 12.1 Å². The van der Waals surface area contributed by atoms with Crippen LogP contribution in [0.2, 0.25) is 0 Å². The molecule has 6 nitrogen and oxygen atoms in total. The first-order chi connectivity index (χ1) is 14.2. The summed E-state index contributed by atoms with van der Waals surface area (Å²) in [5, 5.41) is 0. The van der Waals surface area contributed by atoms with E-state index in [1.807, 2.05) is 18.2 Å². The molecule has 152 valence electrons. The number of benzene rings is 2. The smallest absolute Gasteiger partial charge is 0.231 e. The number of carbonyl (C=O) groups is 1. The van der Waals surface area contributed by atoms with Crippen molar-refractivity contribution >= 4 is 11.9 Å². The van der Waals surface area contributed by atoms with E-state index in [4.69, 9.17) is 18.9 Å². The summed E-state index contributed by atoms with van der Waals surface area (Å²) in [5.74, 6) is 2.46. The zero-order valence-electron chi connectivity index (χ0n) is 16.8. The minimum atomic E-state index is -0.159. The molecule has 29 heavy (non-hydrogen) atoms. The van der Waals surface area contributed by atoms with Gasteiger partial charge in [0.25, 0.3) is 0 Å². The van der Waals surface area contributed by atoms with Crippen molar-refractivity contribution in [3.8, 4) is 23.0 Å². The number of rotatable bonds is 7. The van der Waals surface area contributed by atoms with Crippen LogP contribution in [0.4, 0.5) is 0 Å². The fourth-order valence-electron chi connectivity index (χ4n) is 3.72. The molecule has 1 saturated heterocycles. The Morgan fingerprint density at radius 3 is 2.69 bits per heavy atom. The van der Waals surface area contributed by atoms with Crippen LogP contribution in [0, 0.1) is 0 Å². The van der Waals surface area contributed by atoms with Gasteiger partial charge in [-0.2, -0.15) is 0 Å². The summed E-state index contributed by atoms with van der Waals surface area (Å²) < 4.78 is 22.5. The maximum Gasteiger partial charge on any atom is 0.231 e. The number of ketones is 1. The first-order valence-electron chi connectivity index (χ1n) is 9.84. The van der Waals surface area contributed by atoms with Crippen LogP contribution < -0.4 is 18.9 Å². The van der Waals surface area contributed by atoms with Crippen LogP contribution in [0.3, 0.4) is 0 Å². The third kappa shape index (κ3) is 4.07. The van der Waals surface area contributed by atoms with Crippen LogP contribution in [-0.2, 0) is 0 Å². The van der Waals surface area contributed by atoms with Gasteiger partial charge in [0.1, 0.15) is 18.1 Å². The number of hydrogen-bond acceptors (Lipinski definition) is 6. The molecule has 0 aromatic heterocycles. The first-order valence-corrected chi connectivity index (χ1v) is 9.84. The summed E-state index contributed by atoms with van der Waals surface area (Å²) in [6.07, 6.45) is 4.21. The van der Waals surface area contributed by atoms with Crippen molar-refractivity contribution in [2.75, 3.05) is 40.5 Å². The van der Waals surface area contributed by atoms with Crippen molar-refractivity contribution in [1.82, 2.24) is 4.90 Å². The molecular weight excluding hydrogens is 370 g/mol. The van der Waals surface area contributed by atoms with Gasteiger partial charge in [-0.15, -0.1) is 0 Å². The molecule has 4 rings (SSSR count). The van der Waals surface area contributed by atoms with E-state index in [1.165, 1.54) is 12.8 Å². The highest BCUT2D eigenvalue weighted by molar-refractivity contribution is 6.14. The van der Waals surface area contributed by atoms with Crippen LogP contribution in [0.25, 0.3) is 6.08 Å². The van der Waals surface area contributed by atoms with Crippen molar-refractivity contribution in [3.63, 3.8) is 0 Å². The standard InChI is InChI=1S/C23H25NO5/c1-26-19-7-5-6-16(23(19)27-2)14-21-22(25)18-9-8-17(15-20(18)29-21)28-13-12-24-10-3-4-11-24/h5-9,14-15H,3-4,10-13H2,1-2H3/b21-14-. The number of para-hydroxylation sites is 1.